The molecule has 0 unspecified atom stereocenters. The molecule has 3 aromatic carbocycles. The van der Waals surface area contributed by atoms with Gasteiger partial charge >= 0.3 is 0 Å². The molecule has 8 heteroatoms. The highest BCUT2D eigenvalue weighted by atomic mass is 32.2. The minimum absolute atomic E-state index is 0.125. The maximum atomic E-state index is 13.6. The van der Waals surface area contributed by atoms with Crippen LogP contribution in [0.2, 0.25) is 0 Å². The summed E-state index contributed by atoms with van der Waals surface area (Å²) >= 11 is 0. The number of sulfonamides is 1. The summed E-state index contributed by atoms with van der Waals surface area (Å²) in [5.41, 5.74) is 2.59. The van der Waals surface area contributed by atoms with Crippen molar-refractivity contribution in [3.8, 4) is 11.5 Å². The molecular formula is C27H32N2O5S. The second-order valence-corrected chi connectivity index (χ2v) is 10.2. The number of benzene rings is 3. The van der Waals surface area contributed by atoms with E-state index in [1.807, 2.05) is 61.5 Å². The van der Waals surface area contributed by atoms with E-state index in [0.29, 0.717) is 17.7 Å². The third kappa shape index (κ3) is 6.83. The molecule has 0 aliphatic carbocycles. The molecule has 186 valence electrons. The topological polar surface area (TPSA) is 84.9 Å². The van der Waals surface area contributed by atoms with Gasteiger partial charge in [-0.05, 0) is 67.3 Å². The quantitative estimate of drug-likeness (QED) is 0.432. The average Bonchev–Trinajstić information content (AvgIpc) is 2.86. The number of carbonyl (C=O) groups excluding carboxylic acids is 1. The fourth-order valence-corrected chi connectivity index (χ4v) is 5.25. The maximum Gasteiger partial charge on any atom is 0.243 e. The van der Waals surface area contributed by atoms with Gasteiger partial charge in [0.05, 0.1) is 31.7 Å². The second-order valence-electron chi connectivity index (χ2n) is 8.27. The Bertz CT molecular complexity index is 1230. The summed E-state index contributed by atoms with van der Waals surface area (Å²) in [5.74, 6) is 0.946. The van der Waals surface area contributed by atoms with Crippen LogP contribution < -0.4 is 14.8 Å². The molecule has 3 aromatic rings. The number of rotatable bonds is 11. The molecule has 0 aromatic heterocycles. The Morgan fingerprint density at radius 1 is 0.971 bits per heavy atom. The Morgan fingerprint density at radius 2 is 1.66 bits per heavy atom. The normalized spacial score (nSPS) is 12.3. The van der Waals surface area contributed by atoms with Gasteiger partial charge in [-0.3, -0.25) is 4.79 Å². The van der Waals surface area contributed by atoms with Gasteiger partial charge in [0.15, 0.2) is 0 Å². The van der Waals surface area contributed by atoms with E-state index in [9.17, 15) is 13.2 Å². The van der Waals surface area contributed by atoms with Crippen LogP contribution >= 0.6 is 0 Å². The van der Waals surface area contributed by atoms with Crippen LogP contribution in [0.3, 0.4) is 0 Å². The number of hydrogen-bond donors (Lipinski definition) is 1. The molecule has 1 amide bonds. The van der Waals surface area contributed by atoms with Gasteiger partial charge < -0.3 is 14.8 Å². The summed E-state index contributed by atoms with van der Waals surface area (Å²) < 4.78 is 38.8. The Labute approximate surface area is 207 Å². The Morgan fingerprint density at radius 3 is 2.26 bits per heavy atom. The molecule has 1 atom stereocenters. The lowest BCUT2D eigenvalue weighted by molar-refractivity contribution is -0.121. The Balaban J connectivity index is 1.80. The first-order valence-electron chi connectivity index (χ1n) is 11.4. The van der Waals surface area contributed by atoms with E-state index in [2.05, 4.69) is 5.32 Å². The van der Waals surface area contributed by atoms with E-state index in [1.54, 1.807) is 26.2 Å². The molecule has 0 saturated carbocycles. The molecule has 3 rings (SSSR count). The monoisotopic (exact) mass is 496 g/mol. The molecule has 0 radical (unpaired) electrons. The molecule has 7 nitrogen and oxygen atoms in total. The highest BCUT2D eigenvalue weighted by Gasteiger charge is 2.27. The fourth-order valence-electron chi connectivity index (χ4n) is 3.77. The van der Waals surface area contributed by atoms with Gasteiger partial charge in [0, 0.05) is 6.54 Å². The largest absolute Gasteiger partial charge is 0.497 e. The third-order valence-electron chi connectivity index (χ3n) is 5.81. The summed E-state index contributed by atoms with van der Waals surface area (Å²) in [6, 6.07) is 21.4. The number of hydrogen-bond acceptors (Lipinski definition) is 5. The van der Waals surface area contributed by atoms with Gasteiger partial charge in [-0.1, -0.05) is 42.5 Å². The summed E-state index contributed by atoms with van der Waals surface area (Å²) in [7, 11) is -0.792. The maximum absolute atomic E-state index is 13.6. The Hall–Kier alpha value is -3.36. The molecule has 35 heavy (non-hydrogen) atoms. The summed E-state index contributed by atoms with van der Waals surface area (Å²) in [6.07, 6.45) is 0.483. The standard InChI is InChI=1S/C27H32N2O5S/c1-20-18-25(14-15-26(20)34-4)35(31,32)29(17-16-22-8-6-5-7-9-22)19-27(30)28-21(2)23-10-12-24(33-3)13-11-23/h5-15,18,21H,16-17,19H2,1-4H3,(H,28,30)/t21-/m0/s1. The molecule has 0 spiro atoms. The van der Waals surface area contributed by atoms with Gasteiger partial charge in [-0.25, -0.2) is 8.42 Å². The second kappa shape index (κ2) is 11.9. The SMILES string of the molecule is COc1ccc([C@H](C)NC(=O)CN(CCc2ccccc2)S(=O)(=O)c2ccc(OC)c(C)c2)cc1. The molecule has 1 N–H and O–H groups in total. The Kier molecular flexibility index (Phi) is 8.89. The van der Waals surface area contributed by atoms with E-state index in [1.165, 1.54) is 17.5 Å². The van der Waals surface area contributed by atoms with Crippen LogP contribution in [-0.4, -0.2) is 45.9 Å². The predicted molar refractivity (Wildman–Crippen MR) is 136 cm³/mol. The zero-order valence-electron chi connectivity index (χ0n) is 20.5. The average molecular weight is 497 g/mol. The molecule has 0 heterocycles. The van der Waals surface area contributed by atoms with Crippen molar-refractivity contribution >= 4 is 15.9 Å². The molecular weight excluding hydrogens is 464 g/mol. The highest BCUT2D eigenvalue weighted by molar-refractivity contribution is 7.89. The number of aryl methyl sites for hydroxylation is 1. The van der Waals surface area contributed by atoms with Crippen molar-refractivity contribution in [1.82, 2.24) is 9.62 Å². The van der Waals surface area contributed by atoms with Crippen LogP contribution in [0.1, 0.15) is 29.7 Å². The number of nitrogens with zero attached hydrogens (tertiary/aromatic N) is 1. The van der Waals surface area contributed by atoms with E-state index in [-0.39, 0.29) is 29.9 Å². The minimum atomic E-state index is -3.92. The third-order valence-corrected chi connectivity index (χ3v) is 7.65. The van der Waals surface area contributed by atoms with Crippen LogP contribution in [0.4, 0.5) is 0 Å². The van der Waals surface area contributed by atoms with Gasteiger partial charge in [-0.2, -0.15) is 4.31 Å². The zero-order chi connectivity index (χ0) is 25.4. The van der Waals surface area contributed by atoms with Crippen LogP contribution in [0, 0.1) is 6.92 Å². The molecule has 0 bridgehead atoms. The van der Waals surface area contributed by atoms with Crippen LogP contribution in [0.15, 0.2) is 77.7 Å². The number of methoxy groups -OCH3 is 2. The van der Waals surface area contributed by atoms with Crippen LogP contribution in [0.5, 0.6) is 11.5 Å². The fraction of sp³-hybridized carbons (Fsp3) is 0.296. The van der Waals surface area contributed by atoms with Gasteiger partial charge in [0.1, 0.15) is 11.5 Å². The van der Waals surface area contributed by atoms with E-state index in [0.717, 1.165) is 16.9 Å². The smallest absolute Gasteiger partial charge is 0.243 e. The predicted octanol–water partition coefficient (Wildman–Crippen LogP) is 4.12. The first kappa shape index (κ1) is 26.2. The van der Waals surface area contributed by atoms with Crippen LogP contribution in [-0.2, 0) is 21.2 Å². The first-order valence-corrected chi connectivity index (χ1v) is 12.8. The number of amides is 1. The molecule has 0 saturated heterocycles. The first-order chi connectivity index (χ1) is 16.7. The van der Waals surface area contributed by atoms with Gasteiger partial charge in [-0.15, -0.1) is 0 Å². The van der Waals surface area contributed by atoms with Crippen molar-refractivity contribution in [2.45, 2.75) is 31.2 Å². The number of nitrogens with one attached hydrogen (secondary N) is 1. The summed E-state index contributed by atoms with van der Waals surface area (Å²) in [4.78, 5) is 13.1. The van der Waals surface area contributed by atoms with E-state index in [4.69, 9.17) is 9.47 Å². The van der Waals surface area contributed by atoms with Crippen LogP contribution in [0.25, 0.3) is 0 Å². The number of ether oxygens (including phenoxy) is 2. The molecule has 0 aliphatic heterocycles. The lowest BCUT2D eigenvalue weighted by Gasteiger charge is -2.23. The van der Waals surface area contributed by atoms with Gasteiger partial charge in [0.25, 0.3) is 0 Å². The van der Waals surface area contributed by atoms with E-state index >= 15 is 0 Å². The van der Waals surface area contributed by atoms with Crippen molar-refractivity contribution in [2.75, 3.05) is 27.3 Å². The van der Waals surface area contributed by atoms with Crippen molar-refractivity contribution in [3.05, 3.63) is 89.5 Å². The summed E-state index contributed by atoms with van der Waals surface area (Å²) in [5, 5.41) is 2.91. The van der Waals surface area contributed by atoms with Crippen molar-refractivity contribution in [1.29, 1.82) is 0 Å². The summed E-state index contributed by atoms with van der Waals surface area (Å²) in [6.45, 7) is 3.52. The highest BCUT2D eigenvalue weighted by Crippen LogP contribution is 2.24. The number of carbonyl (C=O) groups is 1. The van der Waals surface area contributed by atoms with Crippen molar-refractivity contribution in [2.24, 2.45) is 0 Å². The zero-order valence-corrected chi connectivity index (χ0v) is 21.3. The minimum Gasteiger partial charge on any atom is -0.497 e. The van der Waals surface area contributed by atoms with E-state index < -0.39 is 10.0 Å². The van der Waals surface area contributed by atoms with Gasteiger partial charge in [0.2, 0.25) is 15.9 Å². The van der Waals surface area contributed by atoms with Crippen molar-refractivity contribution in [3.63, 3.8) is 0 Å². The lowest BCUT2D eigenvalue weighted by atomic mass is 10.1. The molecule has 0 fully saturated rings. The van der Waals surface area contributed by atoms with Crippen molar-refractivity contribution < 1.29 is 22.7 Å². The lowest BCUT2D eigenvalue weighted by Crippen LogP contribution is -2.42. The molecule has 0 aliphatic rings.